The molecule has 0 saturated carbocycles. The second-order valence-corrected chi connectivity index (χ2v) is 4.52. The Balaban J connectivity index is 2.68. The summed E-state index contributed by atoms with van der Waals surface area (Å²) in [5.41, 5.74) is 9.62. The van der Waals surface area contributed by atoms with Crippen LogP contribution in [0.4, 0.5) is 0 Å². The second-order valence-electron chi connectivity index (χ2n) is 4.52. The second kappa shape index (κ2) is 6.77. The van der Waals surface area contributed by atoms with E-state index in [1.807, 2.05) is 6.92 Å². The number of aryl methyl sites for hydroxylation is 2. The maximum absolute atomic E-state index is 6.11. The van der Waals surface area contributed by atoms with Crippen molar-refractivity contribution in [2.24, 2.45) is 5.73 Å². The van der Waals surface area contributed by atoms with Crippen LogP contribution in [0.15, 0.2) is 0 Å². The molecule has 1 rings (SSSR count). The number of methoxy groups -OCH3 is 1. The highest BCUT2D eigenvalue weighted by Crippen LogP contribution is 2.22. The molecule has 0 aromatic carbocycles. The van der Waals surface area contributed by atoms with Crippen LogP contribution in [0.25, 0.3) is 0 Å². The molecule has 1 atom stereocenters. The minimum Gasteiger partial charge on any atom is -0.385 e. The van der Waals surface area contributed by atoms with Gasteiger partial charge in [-0.1, -0.05) is 6.92 Å². The number of nitrogens with two attached hydrogens (primary N) is 1. The average Bonchev–Trinajstić information content (AvgIpc) is 2.59. The van der Waals surface area contributed by atoms with Crippen molar-refractivity contribution in [1.82, 2.24) is 9.78 Å². The fraction of sp³-hybridized carbons (Fsp3) is 0.769. The average molecular weight is 239 g/mol. The molecule has 0 aliphatic carbocycles. The van der Waals surface area contributed by atoms with E-state index < -0.39 is 0 Å². The van der Waals surface area contributed by atoms with Gasteiger partial charge in [-0.2, -0.15) is 5.10 Å². The summed E-state index contributed by atoms with van der Waals surface area (Å²) in [6, 6.07) is 0.114. The third-order valence-electron chi connectivity index (χ3n) is 3.22. The van der Waals surface area contributed by atoms with E-state index in [0.29, 0.717) is 0 Å². The van der Waals surface area contributed by atoms with E-state index in [0.717, 1.165) is 38.1 Å². The van der Waals surface area contributed by atoms with Gasteiger partial charge < -0.3 is 10.5 Å². The predicted octanol–water partition coefficient (Wildman–Crippen LogP) is 2.34. The van der Waals surface area contributed by atoms with Gasteiger partial charge in [-0.15, -0.1) is 0 Å². The van der Waals surface area contributed by atoms with Crippen molar-refractivity contribution in [1.29, 1.82) is 0 Å². The van der Waals surface area contributed by atoms with Gasteiger partial charge >= 0.3 is 0 Å². The molecular formula is C13H25N3O. The first-order chi connectivity index (χ1) is 8.11. The first-order valence-corrected chi connectivity index (χ1v) is 6.40. The number of hydrogen-bond donors (Lipinski definition) is 1. The predicted molar refractivity (Wildman–Crippen MR) is 70.0 cm³/mol. The molecule has 0 aliphatic rings. The van der Waals surface area contributed by atoms with Crippen molar-refractivity contribution >= 4 is 0 Å². The molecule has 0 amide bonds. The van der Waals surface area contributed by atoms with Gasteiger partial charge in [-0.25, -0.2) is 0 Å². The summed E-state index contributed by atoms with van der Waals surface area (Å²) < 4.78 is 7.12. The minimum atomic E-state index is 0.114. The first-order valence-electron chi connectivity index (χ1n) is 6.40. The molecule has 4 heteroatoms. The maximum atomic E-state index is 6.11. The smallest absolute Gasteiger partial charge is 0.0644 e. The van der Waals surface area contributed by atoms with Crippen LogP contribution in [0.1, 0.15) is 49.2 Å². The van der Waals surface area contributed by atoms with Crippen molar-refractivity contribution in [3.05, 3.63) is 17.0 Å². The number of hydrogen-bond acceptors (Lipinski definition) is 3. The summed E-state index contributed by atoms with van der Waals surface area (Å²) in [5, 5.41) is 4.57. The van der Waals surface area contributed by atoms with Gasteiger partial charge in [-0.3, -0.25) is 4.68 Å². The summed E-state index contributed by atoms with van der Waals surface area (Å²) in [7, 11) is 1.74. The van der Waals surface area contributed by atoms with Crippen molar-refractivity contribution < 1.29 is 4.74 Å². The van der Waals surface area contributed by atoms with Crippen LogP contribution in [0.3, 0.4) is 0 Å². The fourth-order valence-corrected chi connectivity index (χ4v) is 2.18. The van der Waals surface area contributed by atoms with Crippen LogP contribution >= 0.6 is 0 Å². The number of unbranched alkanes of at least 4 members (excludes halogenated alkanes) is 1. The van der Waals surface area contributed by atoms with Gasteiger partial charge in [0.15, 0.2) is 0 Å². The summed E-state index contributed by atoms with van der Waals surface area (Å²) in [6.07, 6.45) is 3.12. The zero-order valence-corrected chi connectivity index (χ0v) is 11.5. The fourth-order valence-electron chi connectivity index (χ4n) is 2.18. The zero-order valence-electron chi connectivity index (χ0n) is 11.5. The molecular weight excluding hydrogens is 214 g/mol. The highest BCUT2D eigenvalue weighted by molar-refractivity contribution is 5.27. The molecule has 1 unspecified atom stereocenters. The number of aromatic nitrogens is 2. The Labute approximate surface area is 104 Å². The molecule has 0 aliphatic heterocycles. The molecule has 0 saturated heterocycles. The number of nitrogens with zero attached hydrogens (tertiary/aromatic N) is 2. The van der Waals surface area contributed by atoms with Crippen molar-refractivity contribution in [2.45, 2.75) is 52.6 Å². The molecule has 1 heterocycles. The molecule has 0 spiro atoms. The van der Waals surface area contributed by atoms with Crippen LogP contribution in [0, 0.1) is 13.8 Å². The number of rotatable bonds is 7. The maximum Gasteiger partial charge on any atom is 0.0644 e. The summed E-state index contributed by atoms with van der Waals surface area (Å²) in [4.78, 5) is 0. The van der Waals surface area contributed by atoms with Gasteiger partial charge in [0.25, 0.3) is 0 Å². The van der Waals surface area contributed by atoms with E-state index >= 15 is 0 Å². The zero-order chi connectivity index (χ0) is 12.8. The lowest BCUT2D eigenvalue weighted by molar-refractivity contribution is 0.191. The van der Waals surface area contributed by atoms with Crippen molar-refractivity contribution in [3.8, 4) is 0 Å². The largest absolute Gasteiger partial charge is 0.385 e. The lowest BCUT2D eigenvalue weighted by Crippen LogP contribution is -2.11. The van der Waals surface area contributed by atoms with E-state index in [2.05, 4.69) is 23.6 Å². The number of ether oxygens (including phenoxy) is 1. The molecule has 0 bridgehead atoms. The molecule has 17 heavy (non-hydrogen) atoms. The van der Waals surface area contributed by atoms with Crippen LogP contribution in [0.2, 0.25) is 0 Å². The summed E-state index contributed by atoms with van der Waals surface area (Å²) in [5.74, 6) is 0. The SMILES string of the molecule is CCC(N)c1c(C)nn(CCCCOC)c1C. The molecule has 1 aromatic rings. The van der Waals surface area contributed by atoms with E-state index in [1.165, 1.54) is 11.3 Å². The van der Waals surface area contributed by atoms with Gasteiger partial charge in [-0.05, 0) is 33.1 Å². The Hall–Kier alpha value is -0.870. The van der Waals surface area contributed by atoms with Gasteiger partial charge in [0, 0.05) is 37.6 Å². The molecule has 1 aromatic heterocycles. The van der Waals surface area contributed by atoms with Gasteiger partial charge in [0.2, 0.25) is 0 Å². The highest BCUT2D eigenvalue weighted by atomic mass is 16.5. The Morgan fingerprint density at radius 1 is 1.35 bits per heavy atom. The molecule has 0 radical (unpaired) electrons. The van der Waals surface area contributed by atoms with Crippen LogP contribution < -0.4 is 5.73 Å². The monoisotopic (exact) mass is 239 g/mol. The first kappa shape index (κ1) is 14.2. The lowest BCUT2D eigenvalue weighted by Gasteiger charge is -2.10. The van der Waals surface area contributed by atoms with E-state index in [9.17, 15) is 0 Å². The van der Waals surface area contributed by atoms with E-state index in [4.69, 9.17) is 10.5 Å². The van der Waals surface area contributed by atoms with E-state index in [1.54, 1.807) is 7.11 Å². The Kier molecular flexibility index (Phi) is 5.65. The summed E-state index contributed by atoms with van der Waals surface area (Å²) in [6.45, 7) is 8.04. The lowest BCUT2D eigenvalue weighted by atomic mass is 10.0. The standard InChI is InChI=1S/C13H25N3O/c1-5-12(14)13-10(2)15-16(11(13)3)8-6-7-9-17-4/h12H,5-9,14H2,1-4H3. The topological polar surface area (TPSA) is 53.1 Å². The van der Waals surface area contributed by atoms with Gasteiger partial charge in [0.05, 0.1) is 5.69 Å². The molecule has 4 nitrogen and oxygen atoms in total. The third-order valence-corrected chi connectivity index (χ3v) is 3.22. The Morgan fingerprint density at radius 3 is 2.65 bits per heavy atom. The Morgan fingerprint density at radius 2 is 2.06 bits per heavy atom. The minimum absolute atomic E-state index is 0.114. The molecule has 2 N–H and O–H groups in total. The van der Waals surface area contributed by atoms with Crippen molar-refractivity contribution in [2.75, 3.05) is 13.7 Å². The molecule has 98 valence electrons. The third kappa shape index (κ3) is 3.54. The van der Waals surface area contributed by atoms with Crippen molar-refractivity contribution in [3.63, 3.8) is 0 Å². The highest BCUT2D eigenvalue weighted by Gasteiger charge is 2.16. The summed E-state index contributed by atoms with van der Waals surface area (Å²) >= 11 is 0. The van der Waals surface area contributed by atoms with E-state index in [-0.39, 0.29) is 6.04 Å². The normalized spacial score (nSPS) is 13.0. The molecule has 0 fully saturated rings. The van der Waals surface area contributed by atoms with Gasteiger partial charge in [0.1, 0.15) is 0 Å². The van der Waals surface area contributed by atoms with Crippen LogP contribution in [-0.2, 0) is 11.3 Å². The van der Waals surface area contributed by atoms with Crippen LogP contribution in [0.5, 0.6) is 0 Å². The Bertz CT molecular complexity index is 347. The van der Waals surface area contributed by atoms with Crippen LogP contribution in [-0.4, -0.2) is 23.5 Å². The quantitative estimate of drug-likeness (QED) is 0.743.